The summed E-state index contributed by atoms with van der Waals surface area (Å²) in [6.45, 7) is 13.8. The average Bonchev–Trinajstić information content (AvgIpc) is 2.86. The highest BCUT2D eigenvalue weighted by Crippen LogP contribution is 2.48. The Morgan fingerprint density at radius 1 is 1.14 bits per heavy atom. The molecule has 0 saturated heterocycles. The number of hydrogen-bond acceptors (Lipinski definition) is 6. The number of aryl methyl sites for hydroxylation is 1. The first-order chi connectivity index (χ1) is 12.8. The van der Waals surface area contributed by atoms with Gasteiger partial charge in [-0.05, 0) is 51.4 Å². The van der Waals surface area contributed by atoms with Crippen LogP contribution in [0.15, 0.2) is 4.52 Å². The van der Waals surface area contributed by atoms with Gasteiger partial charge in [0.25, 0.3) is 0 Å². The first-order valence-electron chi connectivity index (χ1n) is 10.2. The minimum absolute atomic E-state index is 0.137. The van der Waals surface area contributed by atoms with Crippen molar-refractivity contribution in [1.82, 2.24) is 5.16 Å². The third-order valence-electron chi connectivity index (χ3n) is 4.81. The zero-order valence-corrected chi connectivity index (χ0v) is 18.4. The van der Waals surface area contributed by atoms with Crippen molar-refractivity contribution in [2.45, 2.75) is 98.7 Å². The Hall–Kier alpha value is -1.85. The standard InChI is InChI=1S/C22H35NO5/c1-14(24)26-13-17-18(8-9-19(25)27-22(5,6)7)23-28-20(17)16-10-15(11-16)12-21(2,3)4/h15-16H,8-13H2,1-7H3. The van der Waals surface area contributed by atoms with Gasteiger partial charge in [-0.1, -0.05) is 25.9 Å². The van der Waals surface area contributed by atoms with Crippen LogP contribution in [-0.2, 0) is 32.1 Å². The monoisotopic (exact) mass is 393 g/mol. The zero-order valence-electron chi connectivity index (χ0n) is 18.4. The van der Waals surface area contributed by atoms with Crippen LogP contribution in [-0.4, -0.2) is 22.7 Å². The lowest BCUT2D eigenvalue weighted by Gasteiger charge is -2.38. The van der Waals surface area contributed by atoms with Gasteiger partial charge in [-0.3, -0.25) is 9.59 Å². The van der Waals surface area contributed by atoms with Crippen molar-refractivity contribution >= 4 is 11.9 Å². The van der Waals surface area contributed by atoms with Gasteiger partial charge >= 0.3 is 11.9 Å². The third-order valence-corrected chi connectivity index (χ3v) is 4.81. The Morgan fingerprint density at radius 3 is 2.32 bits per heavy atom. The number of nitrogens with zero attached hydrogens (tertiary/aromatic N) is 1. The van der Waals surface area contributed by atoms with Gasteiger partial charge in [-0.25, -0.2) is 0 Å². The molecule has 6 nitrogen and oxygen atoms in total. The van der Waals surface area contributed by atoms with Crippen LogP contribution in [0.1, 0.15) is 97.1 Å². The first kappa shape index (κ1) is 22.4. The summed E-state index contributed by atoms with van der Waals surface area (Å²) in [6, 6.07) is 0. The largest absolute Gasteiger partial charge is 0.461 e. The number of ether oxygens (including phenoxy) is 2. The molecule has 0 N–H and O–H groups in total. The quantitative estimate of drug-likeness (QED) is 0.610. The molecule has 1 saturated carbocycles. The minimum atomic E-state index is -0.513. The summed E-state index contributed by atoms with van der Waals surface area (Å²) >= 11 is 0. The van der Waals surface area contributed by atoms with E-state index < -0.39 is 5.60 Å². The maximum atomic E-state index is 12.0. The van der Waals surface area contributed by atoms with Crippen molar-refractivity contribution in [2.75, 3.05) is 0 Å². The fourth-order valence-electron chi connectivity index (χ4n) is 3.80. The van der Waals surface area contributed by atoms with Gasteiger partial charge in [0.1, 0.15) is 18.0 Å². The highest BCUT2D eigenvalue weighted by Gasteiger charge is 2.37. The van der Waals surface area contributed by atoms with Gasteiger partial charge in [0.15, 0.2) is 0 Å². The van der Waals surface area contributed by atoms with E-state index >= 15 is 0 Å². The molecule has 0 bridgehead atoms. The van der Waals surface area contributed by atoms with Crippen molar-refractivity contribution in [3.63, 3.8) is 0 Å². The van der Waals surface area contributed by atoms with Crippen LogP contribution in [0, 0.1) is 11.3 Å². The lowest BCUT2D eigenvalue weighted by molar-refractivity contribution is -0.154. The van der Waals surface area contributed by atoms with Crippen molar-refractivity contribution in [3.05, 3.63) is 17.0 Å². The number of carbonyl (C=O) groups is 2. The molecule has 0 amide bonds. The second kappa shape index (κ2) is 8.66. The molecule has 6 heteroatoms. The van der Waals surface area contributed by atoms with E-state index in [0.717, 1.165) is 24.2 Å². The molecule has 2 rings (SSSR count). The average molecular weight is 394 g/mol. The van der Waals surface area contributed by atoms with Crippen LogP contribution in [0.3, 0.4) is 0 Å². The van der Waals surface area contributed by atoms with E-state index in [1.165, 1.54) is 13.3 Å². The molecule has 0 atom stereocenters. The maximum Gasteiger partial charge on any atom is 0.306 e. The Balaban J connectivity index is 2.04. The van der Waals surface area contributed by atoms with Crippen molar-refractivity contribution in [3.8, 4) is 0 Å². The summed E-state index contributed by atoms with van der Waals surface area (Å²) in [5.74, 6) is 1.18. The summed E-state index contributed by atoms with van der Waals surface area (Å²) in [6.07, 6.45) is 3.93. The fourth-order valence-corrected chi connectivity index (χ4v) is 3.80. The van der Waals surface area contributed by atoms with Gasteiger partial charge in [0.05, 0.1) is 17.7 Å². The fraction of sp³-hybridized carbons (Fsp3) is 0.773. The van der Waals surface area contributed by atoms with Crippen LogP contribution in [0.5, 0.6) is 0 Å². The maximum absolute atomic E-state index is 12.0. The van der Waals surface area contributed by atoms with E-state index in [0.29, 0.717) is 29.4 Å². The first-order valence-corrected chi connectivity index (χ1v) is 10.2. The molecule has 1 aliphatic rings. The van der Waals surface area contributed by atoms with E-state index in [1.807, 2.05) is 20.8 Å². The van der Waals surface area contributed by atoms with Gasteiger partial charge in [-0.15, -0.1) is 0 Å². The third kappa shape index (κ3) is 6.95. The topological polar surface area (TPSA) is 78.6 Å². The zero-order chi connectivity index (χ0) is 21.1. The molecule has 0 aliphatic heterocycles. The Morgan fingerprint density at radius 2 is 1.79 bits per heavy atom. The summed E-state index contributed by atoms with van der Waals surface area (Å²) in [7, 11) is 0. The number of carbonyl (C=O) groups excluding carboxylic acids is 2. The molecule has 0 unspecified atom stereocenters. The number of hydrogen-bond donors (Lipinski definition) is 0. The molecular weight excluding hydrogens is 358 g/mol. The van der Waals surface area contributed by atoms with Crippen LogP contribution in [0.25, 0.3) is 0 Å². The predicted octanol–water partition coefficient (Wildman–Crippen LogP) is 4.94. The molecule has 0 radical (unpaired) electrons. The number of esters is 2. The Labute approximate surface area is 168 Å². The van der Waals surface area contributed by atoms with Crippen molar-refractivity contribution in [2.24, 2.45) is 11.3 Å². The lowest BCUT2D eigenvalue weighted by Crippen LogP contribution is -2.26. The second-order valence-electron chi connectivity index (χ2n) is 10.1. The summed E-state index contributed by atoms with van der Waals surface area (Å²) in [5.41, 5.74) is 1.30. The highest BCUT2D eigenvalue weighted by molar-refractivity contribution is 5.70. The molecule has 0 spiro atoms. The Kier molecular flexibility index (Phi) is 6.94. The van der Waals surface area contributed by atoms with Gasteiger partial charge < -0.3 is 14.0 Å². The number of aromatic nitrogens is 1. The summed E-state index contributed by atoms with van der Waals surface area (Å²) < 4.78 is 16.2. The SMILES string of the molecule is CC(=O)OCc1c(CCC(=O)OC(C)(C)C)noc1C1CC(CC(C)(C)C)C1. The number of rotatable bonds is 7. The van der Waals surface area contributed by atoms with E-state index in [2.05, 4.69) is 25.9 Å². The molecule has 1 aliphatic carbocycles. The summed E-state index contributed by atoms with van der Waals surface area (Å²) in [4.78, 5) is 23.3. The molecular formula is C22H35NO5. The molecule has 158 valence electrons. The van der Waals surface area contributed by atoms with Crippen molar-refractivity contribution < 1.29 is 23.6 Å². The van der Waals surface area contributed by atoms with Gasteiger partial charge in [-0.2, -0.15) is 0 Å². The van der Waals surface area contributed by atoms with Crippen LogP contribution in [0.4, 0.5) is 0 Å². The second-order valence-corrected chi connectivity index (χ2v) is 10.1. The molecule has 0 aromatic carbocycles. The van der Waals surface area contributed by atoms with E-state index in [4.69, 9.17) is 14.0 Å². The van der Waals surface area contributed by atoms with Crippen LogP contribution >= 0.6 is 0 Å². The van der Waals surface area contributed by atoms with Gasteiger partial charge in [0.2, 0.25) is 0 Å². The lowest BCUT2D eigenvalue weighted by atomic mass is 9.67. The van der Waals surface area contributed by atoms with Crippen molar-refractivity contribution in [1.29, 1.82) is 0 Å². The van der Waals surface area contributed by atoms with E-state index in [9.17, 15) is 9.59 Å². The molecule has 1 aromatic rings. The van der Waals surface area contributed by atoms with Crippen LogP contribution in [0.2, 0.25) is 0 Å². The normalized spacial score (nSPS) is 19.8. The molecule has 1 heterocycles. The molecule has 1 aromatic heterocycles. The molecule has 1 fully saturated rings. The van der Waals surface area contributed by atoms with E-state index in [-0.39, 0.29) is 25.0 Å². The van der Waals surface area contributed by atoms with Crippen LogP contribution < -0.4 is 0 Å². The highest BCUT2D eigenvalue weighted by atomic mass is 16.6. The molecule has 28 heavy (non-hydrogen) atoms. The predicted molar refractivity (Wildman–Crippen MR) is 106 cm³/mol. The van der Waals surface area contributed by atoms with E-state index in [1.54, 1.807) is 0 Å². The smallest absolute Gasteiger partial charge is 0.306 e. The minimum Gasteiger partial charge on any atom is -0.461 e. The Bertz CT molecular complexity index is 687. The van der Waals surface area contributed by atoms with Gasteiger partial charge in [0, 0.05) is 19.3 Å². The summed E-state index contributed by atoms with van der Waals surface area (Å²) in [5, 5.41) is 4.19.